The standard InChI is InChI=1S/C18H30N4O3.ClH/c1-21-9-6-14(10-16(21)23)18(25)22-8-3-4-13(12-22)11-20-17(24)15-5-2-7-19-15;/h13-15,19H,2-12H2,1H3,(H,20,24);1H. The van der Waals surface area contributed by atoms with Crippen LogP contribution in [0.2, 0.25) is 0 Å². The highest BCUT2D eigenvalue weighted by Gasteiger charge is 2.33. The maximum Gasteiger partial charge on any atom is 0.237 e. The Morgan fingerprint density at radius 1 is 1.19 bits per heavy atom. The summed E-state index contributed by atoms with van der Waals surface area (Å²) in [6, 6.07) is -0.0495. The number of amides is 3. The minimum Gasteiger partial charge on any atom is -0.354 e. The lowest BCUT2D eigenvalue weighted by molar-refractivity contribution is -0.145. The van der Waals surface area contributed by atoms with E-state index in [1.807, 2.05) is 4.90 Å². The molecule has 26 heavy (non-hydrogen) atoms. The molecule has 0 aromatic heterocycles. The zero-order valence-corrected chi connectivity index (χ0v) is 16.4. The van der Waals surface area contributed by atoms with Crippen molar-refractivity contribution in [1.29, 1.82) is 0 Å². The molecular weight excluding hydrogens is 356 g/mol. The number of carbonyl (C=O) groups excluding carboxylic acids is 3. The second kappa shape index (κ2) is 9.55. The number of piperidine rings is 2. The molecule has 3 saturated heterocycles. The van der Waals surface area contributed by atoms with Gasteiger partial charge in [0, 0.05) is 45.6 Å². The molecule has 7 nitrogen and oxygen atoms in total. The number of halogens is 1. The minimum absolute atomic E-state index is 0. The molecule has 148 valence electrons. The van der Waals surface area contributed by atoms with Crippen LogP contribution >= 0.6 is 12.4 Å². The van der Waals surface area contributed by atoms with Crippen molar-refractivity contribution in [2.24, 2.45) is 11.8 Å². The molecule has 0 aromatic rings. The fourth-order valence-electron chi connectivity index (χ4n) is 4.12. The number of carbonyl (C=O) groups is 3. The van der Waals surface area contributed by atoms with Gasteiger partial charge in [-0.05, 0) is 44.6 Å². The molecule has 0 radical (unpaired) electrons. The quantitative estimate of drug-likeness (QED) is 0.732. The van der Waals surface area contributed by atoms with Gasteiger partial charge in [-0.15, -0.1) is 12.4 Å². The van der Waals surface area contributed by atoms with Crippen molar-refractivity contribution >= 4 is 30.1 Å². The van der Waals surface area contributed by atoms with Crippen LogP contribution in [-0.2, 0) is 14.4 Å². The van der Waals surface area contributed by atoms with Gasteiger partial charge in [0.15, 0.2) is 0 Å². The van der Waals surface area contributed by atoms with Crippen molar-refractivity contribution < 1.29 is 14.4 Å². The highest BCUT2D eigenvalue weighted by molar-refractivity contribution is 5.87. The highest BCUT2D eigenvalue weighted by Crippen LogP contribution is 2.23. The minimum atomic E-state index is -0.167. The molecule has 2 N–H and O–H groups in total. The zero-order valence-electron chi connectivity index (χ0n) is 15.5. The molecule has 8 heteroatoms. The normalized spacial score (nSPS) is 29.3. The van der Waals surface area contributed by atoms with E-state index in [9.17, 15) is 14.4 Å². The van der Waals surface area contributed by atoms with Crippen molar-refractivity contribution in [2.45, 2.75) is 44.6 Å². The van der Waals surface area contributed by atoms with Gasteiger partial charge in [0.25, 0.3) is 0 Å². The smallest absolute Gasteiger partial charge is 0.237 e. The van der Waals surface area contributed by atoms with E-state index < -0.39 is 0 Å². The van der Waals surface area contributed by atoms with Crippen LogP contribution in [0.3, 0.4) is 0 Å². The predicted octanol–water partition coefficient (Wildman–Crippen LogP) is 0.383. The fraction of sp³-hybridized carbons (Fsp3) is 0.833. The monoisotopic (exact) mass is 386 g/mol. The van der Waals surface area contributed by atoms with Crippen LogP contribution in [0.4, 0.5) is 0 Å². The molecule has 3 amide bonds. The molecule has 3 aliphatic heterocycles. The van der Waals surface area contributed by atoms with Gasteiger partial charge >= 0.3 is 0 Å². The summed E-state index contributed by atoms with van der Waals surface area (Å²) in [7, 11) is 1.79. The Labute approximate surface area is 161 Å². The summed E-state index contributed by atoms with van der Waals surface area (Å²) in [6.45, 7) is 3.68. The van der Waals surface area contributed by atoms with Gasteiger partial charge in [-0.2, -0.15) is 0 Å². The van der Waals surface area contributed by atoms with Crippen molar-refractivity contribution in [3.8, 4) is 0 Å². The molecule has 3 rings (SSSR count). The number of hydrogen-bond donors (Lipinski definition) is 2. The molecule has 0 aromatic carbocycles. The van der Waals surface area contributed by atoms with Gasteiger partial charge < -0.3 is 20.4 Å². The highest BCUT2D eigenvalue weighted by atomic mass is 35.5. The summed E-state index contributed by atoms with van der Waals surface area (Å²) in [6.07, 6.45) is 5.06. The van der Waals surface area contributed by atoms with Crippen LogP contribution < -0.4 is 10.6 Å². The largest absolute Gasteiger partial charge is 0.354 e. The first kappa shape index (κ1) is 21.0. The lowest BCUT2D eigenvalue weighted by Gasteiger charge is -2.37. The Bertz CT molecular complexity index is 525. The lowest BCUT2D eigenvalue weighted by Crippen LogP contribution is -2.49. The van der Waals surface area contributed by atoms with Crippen LogP contribution in [0.25, 0.3) is 0 Å². The van der Waals surface area contributed by atoms with E-state index in [1.165, 1.54) is 0 Å². The van der Waals surface area contributed by atoms with Crippen LogP contribution in [0.5, 0.6) is 0 Å². The third kappa shape index (κ3) is 5.10. The van der Waals surface area contributed by atoms with Crippen molar-refractivity contribution in [2.75, 3.05) is 39.8 Å². The van der Waals surface area contributed by atoms with Crippen LogP contribution in [0.15, 0.2) is 0 Å². The number of nitrogens with zero attached hydrogens (tertiary/aromatic N) is 2. The second-order valence-electron chi connectivity index (χ2n) is 7.69. The molecule has 0 bridgehead atoms. The Balaban J connectivity index is 0.00000243. The molecule has 3 aliphatic rings. The maximum absolute atomic E-state index is 12.8. The van der Waals surface area contributed by atoms with Gasteiger partial charge in [0.05, 0.1) is 6.04 Å². The van der Waals surface area contributed by atoms with Crippen LogP contribution in [0.1, 0.15) is 38.5 Å². The van der Waals surface area contributed by atoms with E-state index in [2.05, 4.69) is 10.6 Å². The van der Waals surface area contributed by atoms with Crippen LogP contribution in [-0.4, -0.2) is 73.3 Å². The summed E-state index contributed by atoms with van der Waals surface area (Å²) < 4.78 is 0. The summed E-state index contributed by atoms with van der Waals surface area (Å²) >= 11 is 0. The predicted molar refractivity (Wildman–Crippen MR) is 101 cm³/mol. The molecule has 3 fully saturated rings. The second-order valence-corrected chi connectivity index (χ2v) is 7.69. The van der Waals surface area contributed by atoms with E-state index in [0.717, 1.165) is 45.2 Å². The van der Waals surface area contributed by atoms with Crippen molar-refractivity contribution in [3.05, 3.63) is 0 Å². The van der Waals surface area contributed by atoms with E-state index in [-0.39, 0.29) is 42.1 Å². The van der Waals surface area contributed by atoms with E-state index in [1.54, 1.807) is 11.9 Å². The molecule has 3 heterocycles. The Morgan fingerprint density at radius 3 is 2.69 bits per heavy atom. The third-order valence-electron chi connectivity index (χ3n) is 5.78. The average molecular weight is 387 g/mol. The Hall–Kier alpha value is -1.34. The number of nitrogens with one attached hydrogen (secondary N) is 2. The SMILES string of the molecule is CN1CCC(C(=O)N2CCCC(CNC(=O)C3CCCN3)C2)CC1=O.Cl. The van der Waals surface area contributed by atoms with Gasteiger partial charge in [-0.1, -0.05) is 0 Å². The zero-order chi connectivity index (χ0) is 17.8. The van der Waals surface area contributed by atoms with Crippen LogP contribution in [0, 0.1) is 11.8 Å². The summed E-state index contributed by atoms with van der Waals surface area (Å²) in [5.74, 6) is 0.413. The van der Waals surface area contributed by atoms with Gasteiger partial charge in [0.2, 0.25) is 17.7 Å². The topological polar surface area (TPSA) is 81.8 Å². The average Bonchev–Trinajstić information content (AvgIpc) is 3.16. The molecule has 0 spiro atoms. The summed E-state index contributed by atoms with van der Waals surface area (Å²) in [5, 5.41) is 6.26. The first-order chi connectivity index (χ1) is 12.0. The maximum atomic E-state index is 12.8. The third-order valence-corrected chi connectivity index (χ3v) is 5.78. The first-order valence-electron chi connectivity index (χ1n) is 9.58. The number of hydrogen-bond acceptors (Lipinski definition) is 4. The molecule has 3 atom stereocenters. The molecule has 0 aliphatic carbocycles. The fourth-order valence-corrected chi connectivity index (χ4v) is 4.12. The Kier molecular flexibility index (Phi) is 7.70. The van der Waals surface area contributed by atoms with E-state index in [4.69, 9.17) is 0 Å². The van der Waals surface area contributed by atoms with E-state index >= 15 is 0 Å². The summed E-state index contributed by atoms with van der Waals surface area (Å²) in [4.78, 5) is 40.4. The van der Waals surface area contributed by atoms with Gasteiger partial charge in [-0.25, -0.2) is 0 Å². The number of rotatable bonds is 4. The molecule has 3 unspecified atom stereocenters. The van der Waals surface area contributed by atoms with Gasteiger partial charge in [0.1, 0.15) is 0 Å². The summed E-state index contributed by atoms with van der Waals surface area (Å²) in [5.41, 5.74) is 0. The van der Waals surface area contributed by atoms with E-state index in [0.29, 0.717) is 32.0 Å². The van der Waals surface area contributed by atoms with Crippen molar-refractivity contribution in [3.63, 3.8) is 0 Å². The number of likely N-dealkylation sites (tertiary alicyclic amines) is 2. The van der Waals surface area contributed by atoms with Crippen molar-refractivity contribution in [1.82, 2.24) is 20.4 Å². The lowest BCUT2D eigenvalue weighted by atomic mass is 9.92. The van der Waals surface area contributed by atoms with Gasteiger partial charge in [-0.3, -0.25) is 14.4 Å². The molecular formula is C18H31ClN4O3. The molecule has 0 saturated carbocycles. The first-order valence-corrected chi connectivity index (χ1v) is 9.58. The Morgan fingerprint density at radius 2 is 2.00 bits per heavy atom.